The molecule has 0 N–H and O–H groups in total. The topological polar surface area (TPSA) is 69.6 Å². The van der Waals surface area contributed by atoms with E-state index in [0.717, 1.165) is 15.9 Å². The lowest BCUT2D eigenvalue weighted by Crippen LogP contribution is -2.00. The Kier molecular flexibility index (Phi) is 3.50. The van der Waals surface area contributed by atoms with Gasteiger partial charge in [-0.2, -0.15) is 0 Å². The highest BCUT2D eigenvalue weighted by molar-refractivity contribution is 7.99. The van der Waals surface area contributed by atoms with Crippen molar-refractivity contribution in [3.05, 3.63) is 29.2 Å². The minimum atomic E-state index is 0.0438. The first kappa shape index (κ1) is 14.0. The van der Waals surface area contributed by atoms with Crippen LogP contribution in [-0.2, 0) is 0 Å². The van der Waals surface area contributed by atoms with Crippen LogP contribution in [0.1, 0.15) is 42.8 Å². The second kappa shape index (κ2) is 5.51. The standard InChI is InChI=1S/C14H15N5OS2/c1-8(12-16-17-13(20-12)11-4-3-7-21-11)22-14-18-15-9(2)19(14)10-5-6-10/h3-4,7-8,10H,5-6H2,1-2H3/t8-/m1/s1. The van der Waals surface area contributed by atoms with Gasteiger partial charge in [0.05, 0.1) is 10.1 Å². The van der Waals surface area contributed by atoms with E-state index in [2.05, 4.69) is 31.9 Å². The lowest BCUT2D eigenvalue weighted by atomic mass is 10.5. The van der Waals surface area contributed by atoms with Gasteiger partial charge in [-0.05, 0) is 38.1 Å². The molecule has 3 aromatic heterocycles. The van der Waals surface area contributed by atoms with Gasteiger partial charge in [0.1, 0.15) is 5.82 Å². The third-order valence-electron chi connectivity index (χ3n) is 3.55. The van der Waals surface area contributed by atoms with Crippen LogP contribution in [0, 0.1) is 6.92 Å². The van der Waals surface area contributed by atoms with E-state index in [4.69, 9.17) is 4.42 Å². The summed E-state index contributed by atoms with van der Waals surface area (Å²) in [5, 5.41) is 19.8. The van der Waals surface area contributed by atoms with E-state index in [1.807, 2.05) is 24.4 Å². The Bertz CT molecular complexity index is 775. The lowest BCUT2D eigenvalue weighted by Gasteiger charge is -2.08. The molecule has 0 spiro atoms. The zero-order chi connectivity index (χ0) is 15.1. The monoisotopic (exact) mass is 333 g/mol. The third-order valence-corrected chi connectivity index (χ3v) is 5.45. The fourth-order valence-electron chi connectivity index (χ4n) is 2.29. The maximum atomic E-state index is 5.79. The molecular weight excluding hydrogens is 318 g/mol. The molecule has 0 unspecified atom stereocenters. The van der Waals surface area contributed by atoms with Crippen molar-refractivity contribution in [2.75, 3.05) is 0 Å². The van der Waals surface area contributed by atoms with Gasteiger partial charge in [0, 0.05) is 6.04 Å². The summed E-state index contributed by atoms with van der Waals surface area (Å²) in [7, 11) is 0. The number of thioether (sulfide) groups is 1. The number of hydrogen-bond acceptors (Lipinski definition) is 7. The van der Waals surface area contributed by atoms with Gasteiger partial charge in [0.15, 0.2) is 5.16 Å². The molecule has 1 aliphatic rings. The molecule has 0 aromatic carbocycles. The highest BCUT2D eigenvalue weighted by Gasteiger charge is 2.29. The molecule has 6 nitrogen and oxygen atoms in total. The van der Waals surface area contributed by atoms with Crippen LogP contribution in [0.2, 0.25) is 0 Å². The molecule has 0 radical (unpaired) electrons. The zero-order valence-corrected chi connectivity index (χ0v) is 13.9. The average Bonchev–Trinajstić information content (AvgIpc) is 2.97. The molecule has 4 rings (SSSR count). The first-order chi connectivity index (χ1) is 10.7. The average molecular weight is 333 g/mol. The predicted molar refractivity (Wildman–Crippen MR) is 84.9 cm³/mol. The molecule has 1 aliphatic carbocycles. The van der Waals surface area contributed by atoms with Crippen molar-refractivity contribution < 1.29 is 4.42 Å². The highest BCUT2D eigenvalue weighted by atomic mass is 32.2. The van der Waals surface area contributed by atoms with Crippen molar-refractivity contribution in [2.45, 2.75) is 43.1 Å². The van der Waals surface area contributed by atoms with Crippen LogP contribution in [0.4, 0.5) is 0 Å². The van der Waals surface area contributed by atoms with Crippen molar-refractivity contribution in [1.29, 1.82) is 0 Å². The van der Waals surface area contributed by atoms with E-state index in [-0.39, 0.29) is 5.25 Å². The molecule has 0 amide bonds. The molecule has 22 heavy (non-hydrogen) atoms. The van der Waals surface area contributed by atoms with Gasteiger partial charge in [-0.15, -0.1) is 31.7 Å². The smallest absolute Gasteiger partial charge is 0.257 e. The van der Waals surface area contributed by atoms with Gasteiger partial charge in [-0.1, -0.05) is 17.8 Å². The van der Waals surface area contributed by atoms with Crippen molar-refractivity contribution >= 4 is 23.1 Å². The molecule has 1 fully saturated rings. The Morgan fingerprint density at radius 3 is 2.91 bits per heavy atom. The van der Waals surface area contributed by atoms with Gasteiger partial charge >= 0.3 is 0 Å². The van der Waals surface area contributed by atoms with Crippen LogP contribution in [0.3, 0.4) is 0 Å². The maximum Gasteiger partial charge on any atom is 0.257 e. The Labute approximate surface area is 136 Å². The first-order valence-corrected chi connectivity index (χ1v) is 8.93. The van der Waals surface area contributed by atoms with Crippen molar-refractivity contribution in [1.82, 2.24) is 25.0 Å². The third kappa shape index (κ3) is 2.56. The van der Waals surface area contributed by atoms with Gasteiger partial charge in [-0.3, -0.25) is 0 Å². The molecule has 0 aliphatic heterocycles. The van der Waals surface area contributed by atoms with Crippen molar-refractivity contribution in [3.8, 4) is 10.8 Å². The summed E-state index contributed by atoms with van der Waals surface area (Å²) in [6.07, 6.45) is 2.42. The summed E-state index contributed by atoms with van der Waals surface area (Å²) >= 11 is 3.21. The Morgan fingerprint density at radius 1 is 1.32 bits per heavy atom. The molecule has 0 saturated heterocycles. The fourth-order valence-corrected chi connectivity index (χ4v) is 3.93. The van der Waals surface area contributed by atoms with Crippen LogP contribution in [0.15, 0.2) is 27.1 Å². The summed E-state index contributed by atoms with van der Waals surface area (Å²) < 4.78 is 8.01. The summed E-state index contributed by atoms with van der Waals surface area (Å²) in [5.41, 5.74) is 0. The minimum absolute atomic E-state index is 0.0438. The molecule has 3 aromatic rings. The van der Waals surface area contributed by atoms with Crippen LogP contribution < -0.4 is 0 Å². The lowest BCUT2D eigenvalue weighted by molar-refractivity contribution is 0.509. The summed E-state index contributed by atoms with van der Waals surface area (Å²) in [4.78, 5) is 0.993. The number of nitrogens with zero attached hydrogens (tertiary/aromatic N) is 5. The minimum Gasteiger partial charge on any atom is -0.419 e. The number of aryl methyl sites for hydroxylation is 1. The predicted octanol–water partition coefficient (Wildman–Crippen LogP) is 3.89. The zero-order valence-electron chi connectivity index (χ0n) is 12.3. The Balaban J connectivity index is 1.54. The molecule has 3 heterocycles. The highest BCUT2D eigenvalue weighted by Crippen LogP contribution is 2.42. The quantitative estimate of drug-likeness (QED) is 0.660. The van der Waals surface area contributed by atoms with Crippen LogP contribution in [0.25, 0.3) is 10.8 Å². The molecular formula is C14H15N5OS2. The second-order valence-electron chi connectivity index (χ2n) is 5.31. The molecule has 0 bridgehead atoms. The van der Waals surface area contributed by atoms with E-state index in [1.54, 1.807) is 23.1 Å². The number of thiophene rings is 1. The first-order valence-electron chi connectivity index (χ1n) is 7.18. The molecule has 8 heteroatoms. The maximum absolute atomic E-state index is 5.79. The SMILES string of the molecule is Cc1nnc(S[C@H](C)c2nnc(-c3cccs3)o2)n1C1CC1. The summed E-state index contributed by atoms with van der Waals surface area (Å²) in [6, 6.07) is 4.52. The number of hydrogen-bond donors (Lipinski definition) is 0. The largest absolute Gasteiger partial charge is 0.419 e. The number of aromatic nitrogens is 5. The van der Waals surface area contributed by atoms with E-state index < -0.39 is 0 Å². The van der Waals surface area contributed by atoms with Crippen LogP contribution in [0.5, 0.6) is 0 Å². The normalized spacial score (nSPS) is 16.1. The van der Waals surface area contributed by atoms with Gasteiger partial charge in [-0.25, -0.2) is 0 Å². The molecule has 1 atom stereocenters. The summed E-state index contributed by atoms with van der Waals surface area (Å²) in [5.74, 6) is 2.18. The molecule has 1 saturated carbocycles. The van der Waals surface area contributed by atoms with Crippen LogP contribution >= 0.6 is 23.1 Å². The van der Waals surface area contributed by atoms with Crippen molar-refractivity contribution in [2.24, 2.45) is 0 Å². The van der Waals surface area contributed by atoms with E-state index in [9.17, 15) is 0 Å². The summed E-state index contributed by atoms with van der Waals surface area (Å²) in [6.45, 7) is 4.05. The fraction of sp³-hybridized carbons (Fsp3) is 0.429. The van der Waals surface area contributed by atoms with Gasteiger partial charge < -0.3 is 8.98 Å². The van der Waals surface area contributed by atoms with Crippen LogP contribution in [-0.4, -0.2) is 25.0 Å². The Hall–Kier alpha value is -1.67. The molecule has 114 valence electrons. The van der Waals surface area contributed by atoms with E-state index in [1.165, 1.54) is 12.8 Å². The number of rotatable bonds is 5. The van der Waals surface area contributed by atoms with Gasteiger partial charge in [0.2, 0.25) is 5.89 Å². The van der Waals surface area contributed by atoms with E-state index >= 15 is 0 Å². The Morgan fingerprint density at radius 2 is 2.18 bits per heavy atom. The van der Waals surface area contributed by atoms with Crippen molar-refractivity contribution in [3.63, 3.8) is 0 Å². The second-order valence-corrected chi connectivity index (χ2v) is 7.57. The van der Waals surface area contributed by atoms with Gasteiger partial charge in [0.25, 0.3) is 5.89 Å². The van der Waals surface area contributed by atoms with E-state index in [0.29, 0.717) is 17.8 Å².